The predicted molar refractivity (Wildman–Crippen MR) is 70.5 cm³/mol. The number of carbonyl (C=O) groups is 2. The third kappa shape index (κ3) is 2.10. The Morgan fingerprint density at radius 3 is 2.95 bits per heavy atom. The minimum atomic E-state index is -0.396. The van der Waals surface area contributed by atoms with E-state index in [-0.39, 0.29) is 11.8 Å². The predicted octanol–water partition coefficient (Wildman–Crippen LogP) is 0.250. The van der Waals surface area contributed by atoms with Crippen molar-refractivity contribution in [3.8, 4) is 0 Å². The van der Waals surface area contributed by atoms with Gasteiger partial charge in [-0.1, -0.05) is 6.07 Å². The molecule has 1 aromatic carbocycles. The Morgan fingerprint density at radius 1 is 1.32 bits per heavy atom. The molecule has 2 aliphatic heterocycles. The highest BCUT2D eigenvalue weighted by molar-refractivity contribution is 5.98. The fourth-order valence-electron chi connectivity index (χ4n) is 2.65. The van der Waals surface area contributed by atoms with E-state index in [4.69, 9.17) is 0 Å². The van der Waals surface area contributed by atoms with Gasteiger partial charge in [-0.25, -0.2) is 0 Å². The molecule has 0 aromatic heterocycles. The lowest BCUT2D eigenvalue weighted by Gasteiger charge is -2.32. The average Bonchev–Trinajstić information content (AvgIpc) is 2.88. The number of piperazine rings is 1. The summed E-state index contributed by atoms with van der Waals surface area (Å²) in [6.07, 6.45) is 0. The van der Waals surface area contributed by atoms with Gasteiger partial charge >= 0.3 is 0 Å². The second kappa shape index (κ2) is 4.66. The third-order valence-electron chi connectivity index (χ3n) is 3.84. The van der Waals surface area contributed by atoms with Crippen molar-refractivity contribution >= 4 is 11.8 Å². The lowest BCUT2D eigenvalue weighted by Crippen LogP contribution is -2.55. The molecule has 5 heteroatoms. The molecule has 1 atom stereocenters. The van der Waals surface area contributed by atoms with Gasteiger partial charge in [0.05, 0.1) is 0 Å². The minimum Gasteiger partial charge on any atom is -0.353 e. The van der Waals surface area contributed by atoms with Crippen molar-refractivity contribution in [3.05, 3.63) is 34.9 Å². The summed E-state index contributed by atoms with van der Waals surface area (Å²) < 4.78 is 0. The van der Waals surface area contributed by atoms with Crippen LogP contribution in [0.4, 0.5) is 0 Å². The molecular weight excluding hydrogens is 242 g/mol. The van der Waals surface area contributed by atoms with Crippen molar-refractivity contribution in [2.75, 3.05) is 13.1 Å². The Balaban J connectivity index is 1.85. The highest BCUT2D eigenvalue weighted by atomic mass is 16.2. The molecule has 1 fully saturated rings. The second-order valence-corrected chi connectivity index (χ2v) is 5.05. The van der Waals surface area contributed by atoms with Crippen LogP contribution in [0.15, 0.2) is 18.2 Å². The molecule has 3 rings (SSSR count). The fourth-order valence-corrected chi connectivity index (χ4v) is 2.65. The zero-order valence-electron chi connectivity index (χ0n) is 10.9. The summed E-state index contributed by atoms with van der Waals surface area (Å²) in [5.74, 6) is -0.139. The van der Waals surface area contributed by atoms with Gasteiger partial charge in [0.2, 0.25) is 5.91 Å². The van der Waals surface area contributed by atoms with Crippen molar-refractivity contribution in [1.82, 2.24) is 15.5 Å². The normalized spacial score (nSPS) is 22.1. The van der Waals surface area contributed by atoms with Crippen LogP contribution in [0.25, 0.3) is 0 Å². The highest BCUT2D eigenvalue weighted by Gasteiger charge is 2.30. The number of hydrogen-bond donors (Lipinski definition) is 2. The van der Waals surface area contributed by atoms with E-state index in [0.29, 0.717) is 18.7 Å². The summed E-state index contributed by atoms with van der Waals surface area (Å²) in [4.78, 5) is 25.7. The van der Waals surface area contributed by atoms with E-state index < -0.39 is 6.04 Å². The summed E-state index contributed by atoms with van der Waals surface area (Å²) in [5.41, 5.74) is 3.10. The molecule has 2 aliphatic rings. The monoisotopic (exact) mass is 259 g/mol. The number of rotatable bonds is 1. The molecule has 0 radical (unpaired) electrons. The summed E-state index contributed by atoms with van der Waals surface area (Å²) in [6.45, 7) is 4.54. The van der Waals surface area contributed by atoms with Crippen molar-refractivity contribution < 1.29 is 9.59 Å². The fraction of sp³-hybridized carbons (Fsp3) is 0.429. The SMILES string of the molecule is CC1C(=O)NCCN1C(=O)c1ccc2c(c1)CNC2. The van der Waals surface area contributed by atoms with Gasteiger partial charge in [-0.15, -0.1) is 0 Å². The van der Waals surface area contributed by atoms with Gasteiger partial charge < -0.3 is 15.5 Å². The number of hydrogen-bond acceptors (Lipinski definition) is 3. The Hall–Kier alpha value is -1.88. The highest BCUT2D eigenvalue weighted by Crippen LogP contribution is 2.19. The number of benzene rings is 1. The average molecular weight is 259 g/mol. The molecule has 1 saturated heterocycles. The van der Waals surface area contributed by atoms with E-state index in [1.165, 1.54) is 11.1 Å². The van der Waals surface area contributed by atoms with Gasteiger partial charge in [-0.3, -0.25) is 9.59 Å². The van der Waals surface area contributed by atoms with Gasteiger partial charge in [-0.05, 0) is 30.2 Å². The van der Waals surface area contributed by atoms with Gasteiger partial charge in [0, 0.05) is 31.7 Å². The molecular formula is C14H17N3O2. The molecule has 0 bridgehead atoms. The van der Waals surface area contributed by atoms with Crippen molar-refractivity contribution in [2.45, 2.75) is 26.1 Å². The minimum absolute atomic E-state index is 0.0583. The Labute approximate surface area is 112 Å². The summed E-state index contributed by atoms with van der Waals surface area (Å²) in [7, 11) is 0. The number of fused-ring (bicyclic) bond motifs is 1. The van der Waals surface area contributed by atoms with E-state index in [1.807, 2.05) is 18.2 Å². The van der Waals surface area contributed by atoms with Crippen LogP contribution in [0.2, 0.25) is 0 Å². The molecule has 0 saturated carbocycles. The number of carbonyl (C=O) groups excluding carboxylic acids is 2. The number of amides is 2. The molecule has 2 amide bonds. The van der Waals surface area contributed by atoms with Gasteiger partial charge in [0.1, 0.15) is 6.04 Å². The van der Waals surface area contributed by atoms with Crippen LogP contribution >= 0.6 is 0 Å². The molecule has 0 aliphatic carbocycles. The smallest absolute Gasteiger partial charge is 0.254 e. The van der Waals surface area contributed by atoms with E-state index in [0.717, 1.165) is 13.1 Å². The molecule has 5 nitrogen and oxygen atoms in total. The van der Waals surface area contributed by atoms with E-state index in [2.05, 4.69) is 10.6 Å². The first-order valence-electron chi connectivity index (χ1n) is 6.58. The van der Waals surface area contributed by atoms with E-state index in [1.54, 1.807) is 11.8 Å². The second-order valence-electron chi connectivity index (χ2n) is 5.05. The summed E-state index contributed by atoms with van der Waals surface area (Å²) in [5, 5.41) is 6.03. The Morgan fingerprint density at radius 2 is 2.11 bits per heavy atom. The first kappa shape index (κ1) is 12.2. The van der Waals surface area contributed by atoms with Crippen molar-refractivity contribution in [2.24, 2.45) is 0 Å². The van der Waals surface area contributed by atoms with Gasteiger partial charge in [-0.2, -0.15) is 0 Å². The molecule has 2 N–H and O–H groups in total. The van der Waals surface area contributed by atoms with Crippen LogP contribution in [0.1, 0.15) is 28.4 Å². The maximum atomic E-state index is 12.5. The zero-order valence-corrected chi connectivity index (χ0v) is 10.9. The van der Waals surface area contributed by atoms with Crippen molar-refractivity contribution in [3.63, 3.8) is 0 Å². The first-order valence-corrected chi connectivity index (χ1v) is 6.58. The summed E-state index contributed by atoms with van der Waals surface area (Å²) in [6, 6.07) is 5.40. The Kier molecular flexibility index (Phi) is 2.98. The molecule has 19 heavy (non-hydrogen) atoms. The van der Waals surface area contributed by atoms with E-state index in [9.17, 15) is 9.59 Å². The van der Waals surface area contributed by atoms with Crippen LogP contribution in [0.3, 0.4) is 0 Å². The molecule has 1 aromatic rings. The molecule has 1 unspecified atom stereocenters. The lowest BCUT2D eigenvalue weighted by molar-refractivity contribution is -0.127. The maximum absolute atomic E-state index is 12.5. The third-order valence-corrected chi connectivity index (χ3v) is 3.84. The largest absolute Gasteiger partial charge is 0.353 e. The Bertz CT molecular complexity index is 541. The van der Waals surface area contributed by atoms with Crippen LogP contribution in [-0.2, 0) is 17.9 Å². The molecule has 0 spiro atoms. The maximum Gasteiger partial charge on any atom is 0.254 e. The number of nitrogens with zero attached hydrogens (tertiary/aromatic N) is 1. The van der Waals surface area contributed by atoms with Crippen LogP contribution in [0, 0.1) is 0 Å². The molecule has 2 heterocycles. The van der Waals surface area contributed by atoms with Crippen molar-refractivity contribution in [1.29, 1.82) is 0 Å². The lowest BCUT2D eigenvalue weighted by atomic mass is 10.0. The summed E-state index contributed by atoms with van der Waals surface area (Å²) >= 11 is 0. The van der Waals surface area contributed by atoms with Gasteiger partial charge in [0.15, 0.2) is 0 Å². The first-order chi connectivity index (χ1) is 9.16. The molecule has 100 valence electrons. The van der Waals surface area contributed by atoms with Gasteiger partial charge in [0.25, 0.3) is 5.91 Å². The quantitative estimate of drug-likeness (QED) is 0.760. The van der Waals surface area contributed by atoms with E-state index >= 15 is 0 Å². The number of nitrogens with one attached hydrogen (secondary N) is 2. The zero-order chi connectivity index (χ0) is 13.4. The van der Waals surface area contributed by atoms with Crippen LogP contribution < -0.4 is 10.6 Å². The standard InChI is InChI=1S/C14H17N3O2/c1-9-13(18)16-4-5-17(9)14(19)10-2-3-11-7-15-8-12(11)6-10/h2-3,6,9,15H,4-5,7-8H2,1H3,(H,16,18). The van der Waals surface area contributed by atoms with Crippen LogP contribution in [-0.4, -0.2) is 35.8 Å². The van der Waals surface area contributed by atoms with Crippen LogP contribution in [0.5, 0.6) is 0 Å². The topological polar surface area (TPSA) is 61.4 Å².